The number of amides is 2. The molecule has 0 heterocycles. The van der Waals surface area contributed by atoms with E-state index in [1.165, 1.54) is 0 Å². The molecule has 2 N–H and O–H groups in total. The Morgan fingerprint density at radius 3 is 2.47 bits per heavy atom. The molecule has 0 aliphatic rings. The van der Waals surface area contributed by atoms with Crippen molar-refractivity contribution in [2.24, 2.45) is 0 Å². The van der Waals surface area contributed by atoms with Crippen molar-refractivity contribution in [3.8, 4) is 0 Å². The van der Waals surface area contributed by atoms with Gasteiger partial charge in [0.1, 0.15) is 12.5 Å². The Morgan fingerprint density at radius 2 is 1.79 bits per heavy atom. The predicted molar refractivity (Wildman–Crippen MR) is 73.0 cm³/mol. The molecule has 1 rings (SSSR count). The second kappa shape index (κ2) is 9.22. The first-order valence-electron chi connectivity index (χ1n) is 5.99. The Bertz CT molecular complexity index is 398. The summed E-state index contributed by atoms with van der Waals surface area (Å²) in [6.45, 7) is 1.16. The number of ether oxygens (including phenoxy) is 1. The number of carbonyl (C=O) groups excluding carboxylic acids is 2. The third-order valence-corrected chi connectivity index (χ3v) is 2.52. The lowest BCUT2D eigenvalue weighted by molar-refractivity contribution is -0.118. The van der Waals surface area contributed by atoms with Crippen molar-refractivity contribution in [2.75, 3.05) is 19.0 Å². The van der Waals surface area contributed by atoms with Crippen LogP contribution in [-0.4, -0.2) is 31.0 Å². The van der Waals surface area contributed by atoms with Gasteiger partial charge in [-0.15, -0.1) is 11.6 Å². The molecule has 0 saturated carbocycles. The number of nitrogens with one attached hydrogen (secondary N) is 2. The predicted octanol–water partition coefficient (Wildman–Crippen LogP) is 1.66. The number of alkyl halides is 1. The molecular formula is C13H17ClN2O3. The van der Waals surface area contributed by atoms with Gasteiger partial charge < -0.3 is 15.4 Å². The van der Waals surface area contributed by atoms with E-state index in [4.69, 9.17) is 16.3 Å². The van der Waals surface area contributed by atoms with Crippen LogP contribution in [0.25, 0.3) is 0 Å². The Labute approximate surface area is 117 Å². The summed E-state index contributed by atoms with van der Waals surface area (Å²) in [6, 6.07) is 9.44. The highest BCUT2D eigenvalue weighted by Crippen LogP contribution is 2.00. The first kappa shape index (κ1) is 15.3. The molecule has 19 heavy (non-hydrogen) atoms. The Morgan fingerprint density at radius 1 is 1.11 bits per heavy atom. The largest absolute Gasteiger partial charge is 0.445 e. The van der Waals surface area contributed by atoms with E-state index >= 15 is 0 Å². The van der Waals surface area contributed by atoms with Crippen molar-refractivity contribution in [1.29, 1.82) is 0 Å². The van der Waals surface area contributed by atoms with Gasteiger partial charge in [0.2, 0.25) is 5.91 Å². The summed E-state index contributed by atoms with van der Waals surface area (Å²) < 4.78 is 5.02. The molecule has 6 heteroatoms. The third kappa shape index (κ3) is 7.31. The Balaban J connectivity index is 2.04. The van der Waals surface area contributed by atoms with E-state index in [9.17, 15) is 9.59 Å². The van der Waals surface area contributed by atoms with E-state index in [0.29, 0.717) is 19.5 Å². The number of alkyl carbamates (subject to hydrolysis) is 1. The van der Waals surface area contributed by atoms with E-state index in [2.05, 4.69) is 10.6 Å². The average molecular weight is 285 g/mol. The first-order valence-corrected chi connectivity index (χ1v) is 6.53. The minimum absolute atomic E-state index is 0.0491. The van der Waals surface area contributed by atoms with Crippen LogP contribution in [0, 0.1) is 0 Å². The number of rotatable bonds is 7. The molecule has 0 fully saturated rings. The lowest BCUT2D eigenvalue weighted by Crippen LogP contribution is -2.30. The third-order valence-electron chi connectivity index (χ3n) is 2.28. The minimum atomic E-state index is -0.465. The second-order valence-electron chi connectivity index (χ2n) is 3.83. The second-order valence-corrected chi connectivity index (χ2v) is 4.09. The van der Waals surface area contributed by atoms with Crippen molar-refractivity contribution in [3.63, 3.8) is 0 Å². The molecule has 0 spiro atoms. The number of carbonyl (C=O) groups is 2. The zero-order chi connectivity index (χ0) is 13.9. The molecule has 0 bridgehead atoms. The lowest BCUT2D eigenvalue weighted by atomic mass is 10.2. The highest BCUT2D eigenvalue weighted by atomic mass is 35.5. The van der Waals surface area contributed by atoms with Crippen LogP contribution >= 0.6 is 11.6 Å². The van der Waals surface area contributed by atoms with Crippen LogP contribution in [0.3, 0.4) is 0 Å². The molecule has 0 radical (unpaired) electrons. The summed E-state index contributed by atoms with van der Waals surface area (Å²) in [7, 11) is 0. The minimum Gasteiger partial charge on any atom is -0.445 e. The first-order chi connectivity index (χ1) is 9.22. The van der Waals surface area contributed by atoms with Crippen molar-refractivity contribution < 1.29 is 14.3 Å². The van der Waals surface area contributed by atoms with E-state index < -0.39 is 6.09 Å². The quantitative estimate of drug-likeness (QED) is 0.591. The maximum atomic E-state index is 11.3. The van der Waals surface area contributed by atoms with Crippen LogP contribution in [0.5, 0.6) is 0 Å². The van der Waals surface area contributed by atoms with Gasteiger partial charge in [-0.3, -0.25) is 4.79 Å². The van der Waals surface area contributed by atoms with Gasteiger partial charge in [0.25, 0.3) is 0 Å². The van der Waals surface area contributed by atoms with Crippen LogP contribution in [0.2, 0.25) is 0 Å². The highest BCUT2D eigenvalue weighted by molar-refractivity contribution is 6.27. The molecule has 0 unspecified atom stereocenters. The molecule has 2 amide bonds. The van der Waals surface area contributed by atoms with Gasteiger partial charge in [0.05, 0.1) is 0 Å². The molecule has 1 aromatic carbocycles. The molecule has 0 saturated heterocycles. The Hall–Kier alpha value is -1.75. The fourth-order valence-electron chi connectivity index (χ4n) is 1.33. The molecular weight excluding hydrogens is 268 g/mol. The number of halogens is 1. The fraction of sp³-hybridized carbons (Fsp3) is 0.385. The van der Waals surface area contributed by atoms with Crippen LogP contribution in [-0.2, 0) is 16.1 Å². The molecule has 0 aliphatic heterocycles. The van der Waals surface area contributed by atoms with Gasteiger partial charge in [-0.25, -0.2) is 4.79 Å². The smallest absolute Gasteiger partial charge is 0.407 e. The van der Waals surface area contributed by atoms with E-state index in [1.54, 1.807) is 0 Å². The molecule has 0 aliphatic carbocycles. The summed E-state index contributed by atoms with van der Waals surface area (Å²) in [4.78, 5) is 22.1. The molecule has 1 aromatic rings. The Kier molecular flexibility index (Phi) is 7.43. The van der Waals surface area contributed by atoms with Crippen molar-refractivity contribution >= 4 is 23.6 Å². The number of hydrogen-bond donors (Lipinski definition) is 2. The van der Waals surface area contributed by atoms with Crippen molar-refractivity contribution in [2.45, 2.75) is 13.0 Å². The monoisotopic (exact) mass is 284 g/mol. The van der Waals surface area contributed by atoms with E-state index in [-0.39, 0.29) is 18.4 Å². The molecule has 0 aromatic heterocycles. The fourth-order valence-corrected chi connectivity index (χ4v) is 1.42. The summed E-state index contributed by atoms with van der Waals surface area (Å²) in [5, 5.41) is 5.20. The highest BCUT2D eigenvalue weighted by Gasteiger charge is 2.02. The normalized spacial score (nSPS) is 9.74. The SMILES string of the molecule is O=C(CCl)NCCCNC(=O)OCc1ccccc1. The summed E-state index contributed by atoms with van der Waals surface area (Å²) in [5.74, 6) is -0.264. The van der Waals surface area contributed by atoms with Crippen LogP contribution in [0.4, 0.5) is 4.79 Å². The molecule has 5 nitrogen and oxygen atoms in total. The summed E-state index contributed by atoms with van der Waals surface area (Å²) in [6.07, 6.45) is 0.163. The van der Waals surface area contributed by atoms with Gasteiger partial charge in [-0.2, -0.15) is 0 Å². The zero-order valence-electron chi connectivity index (χ0n) is 10.5. The van der Waals surface area contributed by atoms with Crippen LogP contribution < -0.4 is 10.6 Å². The maximum absolute atomic E-state index is 11.3. The maximum Gasteiger partial charge on any atom is 0.407 e. The van der Waals surface area contributed by atoms with Crippen molar-refractivity contribution in [3.05, 3.63) is 35.9 Å². The van der Waals surface area contributed by atoms with Gasteiger partial charge in [-0.1, -0.05) is 30.3 Å². The summed E-state index contributed by atoms with van der Waals surface area (Å²) in [5.41, 5.74) is 0.937. The standard InChI is InChI=1S/C13H17ClN2O3/c14-9-12(17)15-7-4-8-16-13(18)19-10-11-5-2-1-3-6-11/h1-3,5-6H,4,7-10H2,(H,15,17)(H,16,18). The molecule has 0 atom stereocenters. The van der Waals surface area contributed by atoms with Gasteiger partial charge in [0, 0.05) is 13.1 Å². The lowest BCUT2D eigenvalue weighted by Gasteiger charge is -2.07. The topological polar surface area (TPSA) is 67.4 Å². The van der Waals surface area contributed by atoms with Gasteiger partial charge in [-0.05, 0) is 12.0 Å². The van der Waals surface area contributed by atoms with Crippen molar-refractivity contribution in [1.82, 2.24) is 10.6 Å². The number of hydrogen-bond acceptors (Lipinski definition) is 3. The zero-order valence-corrected chi connectivity index (χ0v) is 11.3. The van der Waals surface area contributed by atoms with Gasteiger partial charge in [0.15, 0.2) is 0 Å². The van der Waals surface area contributed by atoms with Gasteiger partial charge >= 0.3 is 6.09 Å². The van der Waals surface area contributed by atoms with Crippen LogP contribution in [0.1, 0.15) is 12.0 Å². The molecule has 104 valence electrons. The number of benzene rings is 1. The van der Waals surface area contributed by atoms with E-state index in [0.717, 1.165) is 5.56 Å². The van der Waals surface area contributed by atoms with E-state index in [1.807, 2.05) is 30.3 Å². The average Bonchev–Trinajstić information content (AvgIpc) is 2.45. The van der Waals surface area contributed by atoms with Crippen LogP contribution in [0.15, 0.2) is 30.3 Å². The summed E-state index contributed by atoms with van der Waals surface area (Å²) >= 11 is 5.31.